The highest BCUT2D eigenvalue weighted by Crippen LogP contribution is 2.38. The molecule has 0 saturated carbocycles. The summed E-state index contributed by atoms with van der Waals surface area (Å²) in [5, 5.41) is 9.16. The van der Waals surface area contributed by atoms with Crippen LogP contribution < -0.4 is 15.2 Å². The number of hydrogen-bond donors (Lipinski definition) is 2. The lowest BCUT2D eigenvalue weighted by Gasteiger charge is -2.22. The number of aromatic nitrogens is 5. The topological polar surface area (TPSA) is 122 Å². The van der Waals surface area contributed by atoms with E-state index in [9.17, 15) is 17.4 Å². The van der Waals surface area contributed by atoms with Gasteiger partial charge in [0, 0.05) is 30.5 Å². The first-order valence-corrected chi connectivity index (χ1v) is 14.8. The predicted molar refractivity (Wildman–Crippen MR) is 156 cm³/mol. The summed E-state index contributed by atoms with van der Waals surface area (Å²) in [6.07, 6.45) is 8.14. The Morgan fingerprint density at radius 3 is 2.58 bits per heavy atom. The Bertz CT molecular complexity index is 1770. The quantitative estimate of drug-likeness (QED) is 0.217. The Labute approximate surface area is 247 Å². The van der Waals surface area contributed by atoms with Crippen LogP contribution in [0.1, 0.15) is 37.5 Å². The summed E-state index contributed by atoms with van der Waals surface area (Å²) in [6.45, 7) is 3.12. The van der Waals surface area contributed by atoms with E-state index in [-0.39, 0.29) is 23.3 Å². The van der Waals surface area contributed by atoms with Crippen molar-refractivity contribution < 1.29 is 26.9 Å². The van der Waals surface area contributed by atoms with Crippen LogP contribution in [0.4, 0.5) is 24.7 Å². The fourth-order valence-corrected chi connectivity index (χ4v) is 5.54. The summed E-state index contributed by atoms with van der Waals surface area (Å²) in [7, 11) is -2.66. The fraction of sp³-hybridized carbons (Fsp3) is 0.276. The summed E-state index contributed by atoms with van der Waals surface area (Å²) in [5.41, 5.74) is 10.3. The van der Waals surface area contributed by atoms with Crippen molar-refractivity contribution in [2.75, 3.05) is 23.7 Å². The number of benzene rings is 2. The number of rotatable bonds is 9. The van der Waals surface area contributed by atoms with Gasteiger partial charge in [0.1, 0.15) is 29.0 Å². The second kappa shape index (κ2) is 12.1. The zero-order valence-electron chi connectivity index (χ0n) is 23.0. The lowest BCUT2D eigenvalue weighted by Crippen LogP contribution is -2.19. The van der Waals surface area contributed by atoms with E-state index in [1.54, 1.807) is 54.3 Å². The number of nitrogens with one attached hydrogen (secondary N) is 1. The van der Waals surface area contributed by atoms with E-state index >= 15 is 0 Å². The highest BCUT2D eigenvalue weighted by molar-refractivity contribution is 7.86. The van der Waals surface area contributed by atoms with E-state index in [0.29, 0.717) is 41.1 Å². The average Bonchev–Trinajstić information content (AvgIpc) is 3.68. The molecule has 2 aromatic carbocycles. The number of alkyl halides is 2. The first-order chi connectivity index (χ1) is 20.8. The largest absolute Gasteiger partial charge is 0.484 e. The molecule has 14 heteroatoms. The van der Waals surface area contributed by atoms with Gasteiger partial charge in [-0.15, -0.1) is 0 Å². The second-order valence-corrected chi connectivity index (χ2v) is 11.2. The summed E-state index contributed by atoms with van der Waals surface area (Å²) in [5.74, 6) is -3.12. The molecular formula is C29H28F3N7O3S. The van der Waals surface area contributed by atoms with Crippen molar-refractivity contribution >= 4 is 28.0 Å². The standard InChI is InChI=1S/C29H28F3N7O3S/c1-17(18-2-5-21(30)6-3-18)42-26-12-19(4-7-24(26)37-43(40)29(31)32)23-14-36-39-25(15-34-28(33)27(23)39)20-13-35-38(16-20)22-8-10-41-11-9-22/h2-7,12-17,22,29,37H,8-11H2,1H3,(H2,33,34). The maximum atomic E-state index is 13.5. The normalized spacial score (nSPS) is 15.6. The SMILES string of the molecule is CC(Oc1cc(-c2cnn3c(-c4cnn(C5CCOCC5)c4)cnc(N)c23)ccc1NS(=O)C(F)F)c1ccc(F)cc1. The zero-order chi connectivity index (χ0) is 30.1. The average molecular weight is 612 g/mol. The van der Waals surface area contributed by atoms with Crippen LogP contribution in [-0.4, -0.2) is 47.6 Å². The van der Waals surface area contributed by atoms with Gasteiger partial charge in [0.15, 0.2) is 11.0 Å². The number of fused-ring (bicyclic) bond motifs is 1. The van der Waals surface area contributed by atoms with Crippen LogP contribution in [-0.2, 0) is 15.7 Å². The maximum Gasteiger partial charge on any atom is 0.330 e. The van der Waals surface area contributed by atoms with Crippen molar-refractivity contribution in [2.45, 2.75) is 37.7 Å². The molecule has 3 aromatic heterocycles. The molecule has 1 saturated heterocycles. The van der Waals surface area contributed by atoms with Gasteiger partial charge < -0.3 is 15.2 Å². The maximum absolute atomic E-state index is 13.5. The van der Waals surface area contributed by atoms with Gasteiger partial charge in [-0.1, -0.05) is 18.2 Å². The Balaban J connectivity index is 1.38. The van der Waals surface area contributed by atoms with E-state index < -0.39 is 28.7 Å². The minimum atomic E-state index is -3.11. The summed E-state index contributed by atoms with van der Waals surface area (Å²) in [6, 6.07) is 10.8. The van der Waals surface area contributed by atoms with Crippen LogP contribution in [0, 0.1) is 5.82 Å². The zero-order valence-corrected chi connectivity index (χ0v) is 23.8. The lowest BCUT2D eigenvalue weighted by atomic mass is 10.1. The summed E-state index contributed by atoms with van der Waals surface area (Å²) >= 11 is 0. The van der Waals surface area contributed by atoms with Crippen LogP contribution in [0.25, 0.3) is 27.9 Å². The number of nitrogens with zero attached hydrogens (tertiary/aromatic N) is 5. The van der Waals surface area contributed by atoms with Crippen molar-refractivity contribution in [3.05, 3.63) is 78.6 Å². The third-order valence-corrected chi connectivity index (χ3v) is 8.08. The van der Waals surface area contributed by atoms with Crippen molar-refractivity contribution in [3.63, 3.8) is 0 Å². The van der Waals surface area contributed by atoms with E-state index in [0.717, 1.165) is 18.4 Å². The van der Waals surface area contributed by atoms with E-state index in [1.165, 1.54) is 18.2 Å². The second-order valence-electron chi connectivity index (χ2n) is 10.1. The van der Waals surface area contributed by atoms with Crippen molar-refractivity contribution in [2.24, 2.45) is 0 Å². The molecule has 0 spiro atoms. The molecular weight excluding hydrogens is 583 g/mol. The molecule has 0 bridgehead atoms. The van der Waals surface area contributed by atoms with Crippen molar-refractivity contribution in [1.82, 2.24) is 24.4 Å². The molecule has 0 amide bonds. The van der Waals surface area contributed by atoms with Crippen LogP contribution in [0.5, 0.6) is 5.75 Å². The molecule has 3 N–H and O–H groups in total. The van der Waals surface area contributed by atoms with Crippen LogP contribution >= 0.6 is 0 Å². The van der Waals surface area contributed by atoms with E-state index in [4.69, 9.17) is 15.2 Å². The highest BCUT2D eigenvalue weighted by atomic mass is 32.2. The van der Waals surface area contributed by atoms with Gasteiger partial charge in [-0.05, 0) is 55.2 Å². The molecule has 5 aromatic rings. The number of ether oxygens (including phenoxy) is 2. The van der Waals surface area contributed by atoms with Gasteiger partial charge in [0.25, 0.3) is 0 Å². The summed E-state index contributed by atoms with van der Waals surface area (Å²) < 4.78 is 69.2. The van der Waals surface area contributed by atoms with Gasteiger partial charge in [-0.25, -0.2) is 18.1 Å². The monoisotopic (exact) mass is 611 g/mol. The smallest absolute Gasteiger partial charge is 0.330 e. The number of nitrogens with two attached hydrogens (primary N) is 1. The lowest BCUT2D eigenvalue weighted by molar-refractivity contribution is 0.0662. The van der Waals surface area contributed by atoms with Crippen LogP contribution in [0.3, 0.4) is 0 Å². The Morgan fingerprint density at radius 2 is 1.84 bits per heavy atom. The molecule has 0 aliphatic carbocycles. The van der Waals surface area contributed by atoms with Crippen LogP contribution in [0.2, 0.25) is 0 Å². The van der Waals surface area contributed by atoms with E-state index in [2.05, 4.69) is 19.9 Å². The molecule has 0 radical (unpaired) electrons. The number of nitrogen functional groups attached to an aromatic ring is 1. The molecule has 1 aliphatic rings. The van der Waals surface area contributed by atoms with Crippen molar-refractivity contribution in [1.29, 1.82) is 0 Å². The van der Waals surface area contributed by atoms with Crippen LogP contribution in [0.15, 0.2) is 67.3 Å². The Hall–Kier alpha value is -4.43. The molecule has 10 nitrogen and oxygen atoms in total. The minimum Gasteiger partial charge on any atom is -0.484 e. The first kappa shape index (κ1) is 28.7. The molecule has 1 fully saturated rings. The number of hydrogen-bond acceptors (Lipinski definition) is 7. The van der Waals surface area contributed by atoms with Gasteiger partial charge in [0.2, 0.25) is 0 Å². The predicted octanol–water partition coefficient (Wildman–Crippen LogP) is 5.77. The first-order valence-electron chi connectivity index (χ1n) is 13.5. The van der Waals surface area contributed by atoms with Gasteiger partial charge >= 0.3 is 5.76 Å². The molecule has 6 rings (SSSR count). The minimum absolute atomic E-state index is 0.0973. The Morgan fingerprint density at radius 1 is 1.07 bits per heavy atom. The molecule has 224 valence electrons. The molecule has 2 atom stereocenters. The molecule has 4 heterocycles. The number of anilines is 2. The Kier molecular flexibility index (Phi) is 8.04. The fourth-order valence-electron chi connectivity index (χ4n) is 5.07. The third-order valence-electron chi connectivity index (χ3n) is 7.34. The molecule has 2 unspecified atom stereocenters. The summed E-state index contributed by atoms with van der Waals surface area (Å²) in [4.78, 5) is 4.42. The number of halogens is 3. The van der Waals surface area contributed by atoms with Gasteiger partial charge in [-0.3, -0.25) is 9.40 Å². The van der Waals surface area contributed by atoms with Gasteiger partial charge in [-0.2, -0.15) is 19.0 Å². The van der Waals surface area contributed by atoms with Gasteiger partial charge in [0.05, 0.1) is 36.0 Å². The molecule has 43 heavy (non-hydrogen) atoms. The molecule has 1 aliphatic heterocycles. The van der Waals surface area contributed by atoms with Crippen molar-refractivity contribution in [3.8, 4) is 28.1 Å². The highest BCUT2D eigenvalue weighted by Gasteiger charge is 2.22. The third kappa shape index (κ3) is 5.92. The van der Waals surface area contributed by atoms with E-state index in [1.807, 2.05) is 10.9 Å².